The molecule has 0 bridgehead atoms. The van der Waals surface area contributed by atoms with E-state index in [4.69, 9.17) is 5.73 Å². The van der Waals surface area contributed by atoms with Crippen LogP contribution in [0.5, 0.6) is 0 Å². The second-order valence-electron chi connectivity index (χ2n) is 2.17. The summed E-state index contributed by atoms with van der Waals surface area (Å²) in [6.45, 7) is 5.26. The number of esters is 2. The summed E-state index contributed by atoms with van der Waals surface area (Å²) >= 11 is 0. The lowest BCUT2D eigenvalue weighted by atomic mass is 10.4. The van der Waals surface area contributed by atoms with Gasteiger partial charge in [0.25, 0.3) is 0 Å². The van der Waals surface area contributed by atoms with Gasteiger partial charge in [-0.15, -0.1) is 0 Å². The zero-order chi connectivity index (χ0) is 9.98. The van der Waals surface area contributed by atoms with Crippen molar-refractivity contribution in [3.63, 3.8) is 0 Å². The van der Waals surface area contributed by atoms with Gasteiger partial charge in [-0.1, -0.05) is 26.7 Å². The number of carbonyl (C=O) groups excluding carboxylic acids is 2. The van der Waals surface area contributed by atoms with Crippen molar-refractivity contribution in [1.29, 1.82) is 0 Å². The van der Waals surface area contributed by atoms with Crippen molar-refractivity contribution in [3.8, 4) is 0 Å². The van der Waals surface area contributed by atoms with E-state index in [1.54, 1.807) is 0 Å². The summed E-state index contributed by atoms with van der Waals surface area (Å²) in [5.74, 6) is -1.32. The number of nitrogens with two attached hydrogens (primary N) is 1. The van der Waals surface area contributed by atoms with Crippen molar-refractivity contribution in [2.45, 2.75) is 33.6 Å². The molecule has 0 rings (SSSR count). The van der Waals surface area contributed by atoms with Gasteiger partial charge >= 0.3 is 11.9 Å². The summed E-state index contributed by atoms with van der Waals surface area (Å²) in [4.78, 5) is 20.0. The molecule has 0 saturated heterocycles. The molecule has 0 aliphatic carbocycles. The van der Waals surface area contributed by atoms with Crippen molar-refractivity contribution in [1.82, 2.24) is 0 Å². The summed E-state index contributed by atoms with van der Waals surface area (Å²) in [5.41, 5.74) is 4.79. The highest BCUT2D eigenvalue weighted by Gasteiger charge is 1.99. The third kappa shape index (κ3) is 16.0. The van der Waals surface area contributed by atoms with Crippen LogP contribution in [0.4, 0.5) is 0 Å². The molecule has 72 valence electrons. The van der Waals surface area contributed by atoms with Crippen LogP contribution in [0.2, 0.25) is 0 Å². The van der Waals surface area contributed by atoms with Crippen LogP contribution in [0.15, 0.2) is 0 Å². The van der Waals surface area contributed by atoms with Crippen molar-refractivity contribution < 1.29 is 14.3 Å². The van der Waals surface area contributed by atoms with Gasteiger partial charge in [-0.05, 0) is 0 Å². The lowest BCUT2D eigenvalue weighted by Gasteiger charge is -1.92. The molecule has 4 nitrogen and oxygen atoms in total. The first-order valence-electron chi connectivity index (χ1n) is 3.99. The Kier molecular flexibility index (Phi) is 11.5. The van der Waals surface area contributed by atoms with Crippen molar-refractivity contribution in [2.75, 3.05) is 6.54 Å². The minimum atomic E-state index is -0.697. The Hall–Kier alpha value is -0.900. The highest BCUT2D eigenvalue weighted by Crippen LogP contribution is 1.76. The minimum Gasteiger partial charge on any atom is -0.392 e. The Labute approximate surface area is 73.1 Å². The van der Waals surface area contributed by atoms with E-state index in [1.165, 1.54) is 12.8 Å². The first kappa shape index (κ1) is 13.7. The van der Waals surface area contributed by atoms with Gasteiger partial charge in [0.05, 0.1) is 6.54 Å². The maximum Gasteiger partial charge on any atom is 0.327 e. The predicted molar refractivity (Wildman–Crippen MR) is 46.4 cm³/mol. The van der Waals surface area contributed by atoms with Crippen LogP contribution in [0.1, 0.15) is 33.6 Å². The van der Waals surface area contributed by atoms with E-state index in [2.05, 4.69) is 18.6 Å². The van der Waals surface area contributed by atoms with Crippen LogP contribution >= 0.6 is 0 Å². The normalized spacial score (nSPS) is 8.00. The van der Waals surface area contributed by atoms with Crippen LogP contribution in [0, 0.1) is 0 Å². The zero-order valence-electron chi connectivity index (χ0n) is 7.92. The molecule has 0 aliphatic rings. The maximum absolute atomic E-state index is 10.1. The second kappa shape index (κ2) is 10.1. The van der Waals surface area contributed by atoms with Gasteiger partial charge in [-0.25, -0.2) is 0 Å². The Balaban J connectivity index is 0. The van der Waals surface area contributed by atoms with Gasteiger partial charge in [0.15, 0.2) is 0 Å². The molecule has 2 N–H and O–H groups in total. The van der Waals surface area contributed by atoms with E-state index in [0.29, 0.717) is 0 Å². The molecule has 0 fully saturated rings. The molecular formula is C8H17NO3. The first-order valence-corrected chi connectivity index (χ1v) is 3.99. The molecular weight excluding hydrogens is 158 g/mol. The topological polar surface area (TPSA) is 69.4 Å². The van der Waals surface area contributed by atoms with E-state index in [0.717, 1.165) is 6.92 Å². The summed E-state index contributed by atoms with van der Waals surface area (Å²) in [6.07, 6.45) is 2.64. The fourth-order valence-electron chi connectivity index (χ4n) is 0.202. The number of unbranched alkanes of at least 4 members (excludes halogenated alkanes) is 1. The maximum atomic E-state index is 10.1. The van der Waals surface area contributed by atoms with Gasteiger partial charge in [-0.3, -0.25) is 9.59 Å². The highest BCUT2D eigenvalue weighted by molar-refractivity contribution is 5.84. The molecule has 0 radical (unpaired) electrons. The number of carbonyl (C=O) groups is 2. The SMILES string of the molecule is CC(=O)OC(=O)CN.CCCC. The predicted octanol–water partition coefficient (Wildman–Crippen LogP) is 0.841. The second-order valence-corrected chi connectivity index (χ2v) is 2.17. The van der Waals surface area contributed by atoms with Crippen LogP contribution in [-0.2, 0) is 14.3 Å². The number of hydrogen-bond acceptors (Lipinski definition) is 4. The van der Waals surface area contributed by atoms with Crippen molar-refractivity contribution in [3.05, 3.63) is 0 Å². The van der Waals surface area contributed by atoms with Gasteiger partial charge < -0.3 is 10.5 Å². The Morgan fingerprint density at radius 3 is 1.75 bits per heavy atom. The zero-order valence-corrected chi connectivity index (χ0v) is 7.92. The van der Waals surface area contributed by atoms with Gasteiger partial charge in [-0.2, -0.15) is 0 Å². The van der Waals surface area contributed by atoms with Gasteiger partial charge in [0.1, 0.15) is 0 Å². The average molecular weight is 175 g/mol. The monoisotopic (exact) mass is 175 g/mol. The Morgan fingerprint density at radius 1 is 1.25 bits per heavy atom. The highest BCUT2D eigenvalue weighted by atomic mass is 16.6. The fourth-order valence-corrected chi connectivity index (χ4v) is 0.202. The van der Waals surface area contributed by atoms with Gasteiger partial charge in [0.2, 0.25) is 0 Å². The standard InChI is InChI=1S/C4H7NO3.C4H10/c1-3(6)8-4(7)2-5;1-3-4-2/h2,5H2,1H3;3-4H2,1-2H3. The molecule has 0 aliphatic heterocycles. The summed E-state index contributed by atoms with van der Waals surface area (Å²) in [7, 11) is 0. The van der Waals surface area contributed by atoms with Crippen LogP contribution in [-0.4, -0.2) is 18.5 Å². The summed E-state index contributed by atoms with van der Waals surface area (Å²) in [6, 6.07) is 0. The first-order chi connectivity index (χ1) is 5.58. The number of ether oxygens (including phenoxy) is 1. The molecule has 0 heterocycles. The van der Waals surface area contributed by atoms with Crippen molar-refractivity contribution in [2.24, 2.45) is 5.73 Å². The smallest absolute Gasteiger partial charge is 0.327 e. The molecule has 0 spiro atoms. The molecule has 0 aromatic rings. The van der Waals surface area contributed by atoms with E-state index >= 15 is 0 Å². The molecule has 0 atom stereocenters. The quantitative estimate of drug-likeness (QED) is 0.498. The Morgan fingerprint density at radius 2 is 1.67 bits per heavy atom. The fraction of sp³-hybridized carbons (Fsp3) is 0.750. The van der Waals surface area contributed by atoms with E-state index < -0.39 is 11.9 Å². The average Bonchev–Trinajstić information content (AvgIpc) is 2.04. The lowest BCUT2D eigenvalue weighted by Crippen LogP contribution is -2.18. The molecule has 0 aromatic carbocycles. The molecule has 4 heteroatoms. The summed E-state index contributed by atoms with van der Waals surface area (Å²) in [5, 5.41) is 0. The van der Waals surface area contributed by atoms with E-state index in [9.17, 15) is 9.59 Å². The third-order valence-electron chi connectivity index (χ3n) is 0.924. The molecule has 0 amide bonds. The number of rotatable bonds is 2. The molecule has 0 aromatic heterocycles. The summed E-state index contributed by atoms with van der Waals surface area (Å²) < 4.78 is 4.00. The number of hydrogen-bond donors (Lipinski definition) is 1. The van der Waals surface area contributed by atoms with Crippen LogP contribution in [0.3, 0.4) is 0 Å². The van der Waals surface area contributed by atoms with E-state index in [1.807, 2.05) is 0 Å². The molecule has 0 saturated carbocycles. The molecule has 0 unspecified atom stereocenters. The Bertz CT molecular complexity index is 132. The van der Waals surface area contributed by atoms with E-state index in [-0.39, 0.29) is 6.54 Å². The van der Waals surface area contributed by atoms with Gasteiger partial charge in [0, 0.05) is 6.92 Å². The lowest BCUT2D eigenvalue weighted by molar-refractivity contribution is -0.156. The minimum absolute atomic E-state index is 0.250. The van der Waals surface area contributed by atoms with Crippen LogP contribution < -0.4 is 5.73 Å². The largest absolute Gasteiger partial charge is 0.392 e. The van der Waals surface area contributed by atoms with Crippen LogP contribution in [0.25, 0.3) is 0 Å². The van der Waals surface area contributed by atoms with Crippen molar-refractivity contribution >= 4 is 11.9 Å². The molecule has 12 heavy (non-hydrogen) atoms. The third-order valence-corrected chi connectivity index (χ3v) is 0.924.